The molecule has 0 amide bonds. The average Bonchev–Trinajstić information content (AvgIpc) is 2.81. The molecule has 1 aromatic carbocycles. The lowest BCUT2D eigenvalue weighted by molar-refractivity contribution is 0.194. The van der Waals surface area contributed by atoms with E-state index >= 15 is 0 Å². The zero-order valence-electron chi connectivity index (χ0n) is 23.2. The standard InChI is InChI=1S/C17H26.C16H30.3CH4/c1-12-5-7-16(8-6-12)11-17-9-13(2)15(4)14(3)10-17;1-3-14-8-10-16(11-9-14)12-15-6-4-13(2)5-7-15;;;/h9-10,12,16H,5-8,11H2,1-4H3;13-16H,3-12H2,1-2H3;3*1H4. The summed E-state index contributed by atoms with van der Waals surface area (Å²) in [6.45, 7) is 13.9. The quantitative estimate of drug-likeness (QED) is 0.377. The Labute approximate surface area is 229 Å². The molecule has 0 bridgehead atoms. The first-order valence-corrected chi connectivity index (χ1v) is 14.9. The number of rotatable bonds is 5. The van der Waals surface area contributed by atoms with Gasteiger partial charge in [-0.05, 0) is 104 Å². The van der Waals surface area contributed by atoms with E-state index in [2.05, 4.69) is 53.7 Å². The van der Waals surface area contributed by atoms with Crippen LogP contribution in [0.5, 0.6) is 0 Å². The van der Waals surface area contributed by atoms with E-state index in [1.807, 2.05) is 0 Å². The van der Waals surface area contributed by atoms with Crippen LogP contribution in [0.2, 0.25) is 0 Å². The van der Waals surface area contributed by atoms with Crippen molar-refractivity contribution >= 4 is 0 Å². The predicted molar refractivity (Wildman–Crippen MR) is 167 cm³/mol. The molecule has 0 aromatic heterocycles. The first-order valence-electron chi connectivity index (χ1n) is 14.9. The summed E-state index contributed by atoms with van der Waals surface area (Å²) in [5, 5.41) is 0. The lowest BCUT2D eigenvalue weighted by Gasteiger charge is -2.33. The summed E-state index contributed by atoms with van der Waals surface area (Å²) < 4.78 is 0. The molecule has 0 heterocycles. The lowest BCUT2D eigenvalue weighted by atomic mass is 9.73. The van der Waals surface area contributed by atoms with Gasteiger partial charge in [0.05, 0.1) is 0 Å². The van der Waals surface area contributed by atoms with Crippen LogP contribution in [0.15, 0.2) is 12.1 Å². The molecule has 0 atom stereocenters. The minimum atomic E-state index is 0. The van der Waals surface area contributed by atoms with Crippen LogP contribution in [0.3, 0.4) is 0 Å². The highest BCUT2D eigenvalue weighted by Crippen LogP contribution is 2.38. The van der Waals surface area contributed by atoms with Gasteiger partial charge in [-0.15, -0.1) is 0 Å². The summed E-state index contributed by atoms with van der Waals surface area (Å²) in [6, 6.07) is 4.81. The van der Waals surface area contributed by atoms with E-state index in [1.54, 1.807) is 24.8 Å². The van der Waals surface area contributed by atoms with E-state index < -0.39 is 0 Å². The lowest BCUT2D eigenvalue weighted by Crippen LogP contribution is -2.20. The maximum Gasteiger partial charge on any atom is -0.0250 e. The third-order valence-electron chi connectivity index (χ3n) is 9.99. The van der Waals surface area contributed by atoms with Gasteiger partial charge in [-0.1, -0.05) is 126 Å². The first kappa shape index (κ1) is 35.2. The Bertz CT molecular complexity index is 653. The molecular weight excluding hydrogens is 432 g/mol. The van der Waals surface area contributed by atoms with Crippen LogP contribution >= 0.6 is 0 Å². The molecule has 0 radical (unpaired) electrons. The Morgan fingerprint density at radius 2 is 0.917 bits per heavy atom. The van der Waals surface area contributed by atoms with E-state index in [4.69, 9.17) is 0 Å². The van der Waals surface area contributed by atoms with Crippen molar-refractivity contribution in [3.63, 3.8) is 0 Å². The van der Waals surface area contributed by atoms with Gasteiger partial charge in [0, 0.05) is 0 Å². The van der Waals surface area contributed by atoms with E-state index in [0.29, 0.717) is 0 Å². The van der Waals surface area contributed by atoms with Gasteiger partial charge in [0.2, 0.25) is 0 Å². The first-order chi connectivity index (χ1) is 15.8. The molecule has 0 saturated heterocycles. The summed E-state index contributed by atoms with van der Waals surface area (Å²) in [4.78, 5) is 0. The predicted octanol–water partition coefficient (Wildman–Crippen LogP) is 12.3. The van der Waals surface area contributed by atoms with E-state index in [-0.39, 0.29) is 22.3 Å². The van der Waals surface area contributed by atoms with Crippen LogP contribution in [0.1, 0.15) is 155 Å². The van der Waals surface area contributed by atoms with Gasteiger partial charge in [0.15, 0.2) is 0 Å². The van der Waals surface area contributed by atoms with E-state index in [9.17, 15) is 0 Å². The highest BCUT2D eigenvalue weighted by atomic mass is 14.3. The van der Waals surface area contributed by atoms with Crippen molar-refractivity contribution in [1.82, 2.24) is 0 Å². The smallest absolute Gasteiger partial charge is 0.0250 e. The molecule has 0 N–H and O–H groups in total. The number of benzene rings is 1. The second-order valence-corrected chi connectivity index (χ2v) is 12.8. The second-order valence-electron chi connectivity index (χ2n) is 12.8. The molecule has 212 valence electrons. The number of hydrogen-bond acceptors (Lipinski definition) is 0. The van der Waals surface area contributed by atoms with Gasteiger partial charge in [-0.3, -0.25) is 0 Å². The Hall–Kier alpha value is -0.780. The van der Waals surface area contributed by atoms with E-state index in [0.717, 1.165) is 35.5 Å². The Balaban J connectivity index is 0.000000629. The summed E-state index contributed by atoms with van der Waals surface area (Å²) in [5.41, 5.74) is 5.95. The Morgan fingerprint density at radius 3 is 1.33 bits per heavy atom. The maximum atomic E-state index is 2.43. The summed E-state index contributed by atoms with van der Waals surface area (Å²) in [5.74, 6) is 6.19. The van der Waals surface area contributed by atoms with Crippen molar-refractivity contribution in [3.8, 4) is 0 Å². The summed E-state index contributed by atoms with van der Waals surface area (Å²) >= 11 is 0. The van der Waals surface area contributed by atoms with Crippen LogP contribution in [-0.2, 0) is 6.42 Å². The molecule has 3 aliphatic carbocycles. The molecule has 1 aromatic rings. The van der Waals surface area contributed by atoms with Gasteiger partial charge in [-0.25, -0.2) is 0 Å². The van der Waals surface area contributed by atoms with Gasteiger partial charge < -0.3 is 0 Å². The molecule has 36 heavy (non-hydrogen) atoms. The van der Waals surface area contributed by atoms with Gasteiger partial charge in [0.25, 0.3) is 0 Å². The third kappa shape index (κ3) is 11.3. The highest BCUT2D eigenvalue weighted by molar-refractivity contribution is 5.37. The van der Waals surface area contributed by atoms with Crippen LogP contribution in [0.4, 0.5) is 0 Å². The zero-order valence-corrected chi connectivity index (χ0v) is 23.2. The molecular formula is C36H68. The van der Waals surface area contributed by atoms with Crippen molar-refractivity contribution < 1.29 is 0 Å². The topological polar surface area (TPSA) is 0 Å². The fourth-order valence-electron chi connectivity index (χ4n) is 7.02. The minimum Gasteiger partial charge on any atom is -0.0776 e. The minimum absolute atomic E-state index is 0. The van der Waals surface area contributed by atoms with Gasteiger partial charge in [-0.2, -0.15) is 0 Å². The van der Waals surface area contributed by atoms with Crippen LogP contribution in [0, 0.1) is 56.3 Å². The summed E-state index contributed by atoms with van der Waals surface area (Å²) in [7, 11) is 0. The highest BCUT2D eigenvalue weighted by Gasteiger charge is 2.25. The van der Waals surface area contributed by atoms with Crippen molar-refractivity contribution in [1.29, 1.82) is 0 Å². The third-order valence-corrected chi connectivity index (χ3v) is 9.99. The van der Waals surface area contributed by atoms with Crippen molar-refractivity contribution in [2.24, 2.45) is 35.5 Å². The Morgan fingerprint density at radius 1 is 0.556 bits per heavy atom. The maximum absolute atomic E-state index is 2.43. The van der Waals surface area contributed by atoms with Crippen LogP contribution < -0.4 is 0 Å². The Kier molecular flexibility index (Phi) is 17.3. The number of aryl methyl sites for hydroxylation is 2. The fraction of sp³-hybridized carbons (Fsp3) is 0.833. The largest absolute Gasteiger partial charge is 0.0776 e. The van der Waals surface area contributed by atoms with Gasteiger partial charge in [0.1, 0.15) is 0 Å². The molecule has 0 aliphatic heterocycles. The molecule has 0 spiro atoms. The molecule has 3 saturated carbocycles. The molecule has 3 aliphatic rings. The summed E-state index contributed by atoms with van der Waals surface area (Å²) in [6.07, 6.45) is 22.3. The zero-order chi connectivity index (χ0) is 23.8. The number of hydrogen-bond donors (Lipinski definition) is 0. The molecule has 3 fully saturated rings. The second kappa shape index (κ2) is 17.7. The van der Waals surface area contributed by atoms with Crippen molar-refractivity contribution in [2.75, 3.05) is 0 Å². The van der Waals surface area contributed by atoms with Crippen molar-refractivity contribution in [3.05, 3.63) is 34.4 Å². The van der Waals surface area contributed by atoms with Crippen LogP contribution in [-0.4, -0.2) is 0 Å². The molecule has 4 rings (SSSR count). The molecule has 0 unspecified atom stereocenters. The molecule has 0 nitrogen and oxygen atoms in total. The fourth-order valence-corrected chi connectivity index (χ4v) is 7.02. The SMILES string of the molecule is C.C.C.CCC1CCC(CC2CCC(C)CC2)CC1.Cc1cc(CC2CCC(C)CC2)cc(C)c1C. The van der Waals surface area contributed by atoms with Gasteiger partial charge >= 0.3 is 0 Å². The normalized spacial score (nSPS) is 29.9. The van der Waals surface area contributed by atoms with Crippen molar-refractivity contribution in [2.45, 2.75) is 160 Å². The van der Waals surface area contributed by atoms with Crippen LogP contribution in [0.25, 0.3) is 0 Å². The average molecular weight is 501 g/mol. The van der Waals surface area contributed by atoms with E-state index in [1.165, 1.54) is 93.7 Å². The monoisotopic (exact) mass is 501 g/mol. The molecule has 0 heteroatoms.